The average molecular weight is 221 g/mol. The van der Waals surface area contributed by atoms with Crippen molar-refractivity contribution in [2.45, 2.75) is 12.0 Å². The van der Waals surface area contributed by atoms with Crippen LogP contribution in [0.3, 0.4) is 0 Å². The molecule has 1 aliphatic heterocycles. The van der Waals surface area contributed by atoms with E-state index in [2.05, 4.69) is 9.97 Å². The van der Waals surface area contributed by atoms with Crippen molar-refractivity contribution < 1.29 is 9.13 Å². The molecule has 3 rings (SSSR count). The number of nitrogens with two attached hydrogens (primary N) is 1. The molecule has 1 aromatic carbocycles. The molecule has 2 heterocycles. The van der Waals surface area contributed by atoms with Crippen molar-refractivity contribution in [3.8, 4) is 0 Å². The van der Waals surface area contributed by atoms with Crippen molar-refractivity contribution in [1.29, 1.82) is 0 Å². The molecule has 2 atom stereocenters. The molecule has 4 nitrogen and oxygen atoms in total. The van der Waals surface area contributed by atoms with Crippen LogP contribution in [0, 0.1) is 5.82 Å². The topological polar surface area (TPSA) is 63.9 Å². The summed E-state index contributed by atoms with van der Waals surface area (Å²) in [6.07, 6.45) is 0. The van der Waals surface area contributed by atoms with Gasteiger partial charge >= 0.3 is 0 Å². The summed E-state index contributed by atoms with van der Waals surface area (Å²) in [4.78, 5) is 7.50. The quantitative estimate of drug-likeness (QED) is 0.759. The highest BCUT2D eigenvalue weighted by atomic mass is 19.1. The molecule has 0 spiro atoms. The number of nitrogens with zero attached hydrogens (tertiary/aromatic N) is 1. The second-order valence-corrected chi connectivity index (χ2v) is 4.09. The first-order valence-corrected chi connectivity index (χ1v) is 5.22. The third kappa shape index (κ3) is 1.48. The highest BCUT2D eigenvalue weighted by Crippen LogP contribution is 2.24. The Bertz CT molecular complexity index is 525. The van der Waals surface area contributed by atoms with Crippen molar-refractivity contribution in [3.63, 3.8) is 0 Å². The molecular formula is C11H12FN3O. The zero-order valence-corrected chi connectivity index (χ0v) is 8.61. The van der Waals surface area contributed by atoms with Crippen molar-refractivity contribution in [1.82, 2.24) is 9.97 Å². The molecule has 1 fully saturated rings. The lowest BCUT2D eigenvalue weighted by Crippen LogP contribution is -2.27. The van der Waals surface area contributed by atoms with Gasteiger partial charge in [0.25, 0.3) is 0 Å². The molecular weight excluding hydrogens is 209 g/mol. The lowest BCUT2D eigenvalue weighted by atomic mass is 10.0. The lowest BCUT2D eigenvalue weighted by molar-refractivity contribution is 0.190. The Kier molecular flexibility index (Phi) is 2.15. The third-order valence-electron chi connectivity index (χ3n) is 2.94. The van der Waals surface area contributed by atoms with Crippen LogP contribution in [-0.2, 0) is 4.74 Å². The molecule has 5 heteroatoms. The number of ether oxygens (including phenoxy) is 1. The second-order valence-electron chi connectivity index (χ2n) is 4.09. The number of rotatable bonds is 1. The summed E-state index contributed by atoms with van der Waals surface area (Å²) >= 11 is 0. The van der Waals surface area contributed by atoms with Crippen molar-refractivity contribution in [2.75, 3.05) is 13.2 Å². The maximum absolute atomic E-state index is 13.0. The summed E-state index contributed by atoms with van der Waals surface area (Å²) in [6, 6.07) is 4.46. The van der Waals surface area contributed by atoms with Crippen molar-refractivity contribution in [2.24, 2.45) is 5.73 Å². The molecule has 2 aromatic rings. The van der Waals surface area contributed by atoms with Crippen LogP contribution in [0.15, 0.2) is 18.2 Å². The Labute approximate surface area is 91.6 Å². The van der Waals surface area contributed by atoms with Crippen LogP contribution in [0.1, 0.15) is 11.7 Å². The molecule has 0 saturated carbocycles. The fourth-order valence-corrected chi connectivity index (χ4v) is 2.03. The summed E-state index contributed by atoms with van der Waals surface area (Å²) in [6.45, 7) is 1.12. The molecule has 84 valence electrons. The summed E-state index contributed by atoms with van der Waals surface area (Å²) < 4.78 is 18.3. The minimum Gasteiger partial charge on any atom is -0.379 e. The number of aromatic nitrogens is 2. The first-order valence-electron chi connectivity index (χ1n) is 5.22. The van der Waals surface area contributed by atoms with Gasteiger partial charge in [-0.2, -0.15) is 0 Å². The molecule has 1 aromatic heterocycles. The van der Waals surface area contributed by atoms with Crippen LogP contribution in [0.2, 0.25) is 0 Å². The number of benzene rings is 1. The van der Waals surface area contributed by atoms with Gasteiger partial charge in [-0.3, -0.25) is 0 Å². The molecule has 0 amide bonds. The van der Waals surface area contributed by atoms with E-state index in [-0.39, 0.29) is 17.8 Å². The molecule has 3 N–H and O–H groups in total. The van der Waals surface area contributed by atoms with E-state index in [9.17, 15) is 4.39 Å². The van der Waals surface area contributed by atoms with Crippen molar-refractivity contribution >= 4 is 11.0 Å². The van der Waals surface area contributed by atoms with Gasteiger partial charge in [0.2, 0.25) is 0 Å². The SMILES string of the molecule is NC1COCC1c1nc2ccc(F)cc2[nH]1. The van der Waals surface area contributed by atoms with Gasteiger partial charge in [0.1, 0.15) is 11.6 Å². The van der Waals surface area contributed by atoms with Crippen LogP contribution in [0.4, 0.5) is 4.39 Å². The number of aromatic amines is 1. The Morgan fingerprint density at radius 1 is 1.44 bits per heavy atom. The molecule has 0 aliphatic carbocycles. The first kappa shape index (κ1) is 9.74. The minimum absolute atomic E-state index is 0.0367. The predicted octanol–water partition coefficient (Wildman–Crippen LogP) is 1.14. The van der Waals surface area contributed by atoms with Gasteiger partial charge in [-0.25, -0.2) is 9.37 Å². The maximum atomic E-state index is 13.0. The number of H-pyrrole nitrogens is 1. The zero-order chi connectivity index (χ0) is 11.1. The van der Waals surface area contributed by atoms with Gasteiger partial charge in [0.05, 0.1) is 30.2 Å². The Morgan fingerprint density at radius 3 is 3.06 bits per heavy atom. The molecule has 16 heavy (non-hydrogen) atoms. The van der Waals surface area contributed by atoms with E-state index in [0.717, 1.165) is 11.3 Å². The number of imidazole rings is 1. The third-order valence-corrected chi connectivity index (χ3v) is 2.94. The summed E-state index contributed by atoms with van der Waals surface area (Å²) in [5.41, 5.74) is 7.37. The summed E-state index contributed by atoms with van der Waals surface area (Å²) in [7, 11) is 0. The highest BCUT2D eigenvalue weighted by Gasteiger charge is 2.28. The van der Waals surface area contributed by atoms with Gasteiger partial charge in [0.15, 0.2) is 0 Å². The number of fused-ring (bicyclic) bond motifs is 1. The highest BCUT2D eigenvalue weighted by molar-refractivity contribution is 5.75. The van der Waals surface area contributed by atoms with E-state index >= 15 is 0 Å². The van der Waals surface area contributed by atoms with Gasteiger partial charge in [0, 0.05) is 6.04 Å². The molecule has 0 radical (unpaired) electrons. The number of hydrogen-bond donors (Lipinski definition) is 2. The summed E-state index contributed by atoms with van der Waals surface area (Å²) in [5.74, 6) is 0.593. The van der Waals surface area contributed by atoms with Gasteiger partial charge in [-0.15, -0.1) is 0 Å². The lowest BCUT2D eigenvalue weighted by Gasteiger charge is -2.08. The van der Waals surface area contributed by atoms with Gasteiger partial charge < -0.3 is 15.5 Å². The van der Waals surface area contributed by atoms with Crippen LogP contribution in [0.5, 0.6) is 0 Å². The number of nitrogens with one attached hydrogen (secondary N) is 1. The Morgan fingerprint density at radius 2 is 2.31 bits per heavy atom. The fraction of sp³-hybridized carbons (Fsp3) is 0.364. The van der Waals surface area contributed by atoms with Crippen LogP contribution >= 0.6 is 0 Å². The maximum Gasteiger partial charge on any atom is 0.125 e. The minimum atomic E-state index is -0.269. The number of hydrogen-bond acceptors (Lipinski definition) is 3. The van der Waals surface area contributed by atoms with Crippen LogP contribution < -0.4 is 5.73 Å². The van der Waals surface area contributed by atoms with E-state index in [1.54, 1.807) is 6.07 Å². The van der Waals surface area contributed by atoms with Crippen molar-refractivity contribution in [3.05, 3.63) is 29.8 Å². The smallest absolute Gasteiger partial charge is 0.125 e. The Hall–Kier alpha value is -1.46. The predicted molar refractivity (Wildman–Crippen MR) is 57.6 cm³/mol. The molecule has 2 unspecified atom stereocenters. The fourth-order valence-electron chi connectivity index (χ4n) is 2.03. The largest absolute Gasteiger partial charge is 0.379 e. The molecule has 1 aliphatic rings. The van der Waals surface area contributed by atoms with Gasteiger partial charge in [-0.05, 0) is 18.2 Å². The van der Waals surface area contributed by atoms with Gasteiger partial charge in [-0.1, -0.05) is 0 Å². The Balaban J connectivity index is 2.04. The first-order chi connectivity index (χ1) is 7.74. The summed E-state index contributed by atoms with van der Waals surface area (Å²) in [5, 5.41) is 0. The zero-order valence-electron chi connectivity index (χ0n) is 8.61. The monoisotopic (exact) mass is 221 g/mol. The second kappa shape index (κ2) is 3.54. The van der Waals surface area contributed by atoms with Crippen LogP contribution in [-0.4, -0.2) is 29.2 Å². The number of halogens is 1. The van der Waals surface area contributed by atoms with Crippen LogP contribution in [0.25, 0.3) is 11.0 Å². The average Bonchev–Trinajstić information content (AvgIpc) is 2.82. The van der Waals surface area contributed by atoms with E-state index < -0.39 is 0 Å². The van der Waals surface area contributed by atoms with E-state index in [1.807, 2.05) is 0 Å². The normalized spacial score (nSPS) is 25.4. The standard InChI is InChI=1S/C11H12FN3O/c12-6-1-2-9-10(3-6)15-11(14-9)7-4-16-5-8(7)13/h1-3,7-8H,4-5,13H2,(H,14,15). The van der Waals surface area contributed by atoms with E-state index in [0.29, 0.717) is 18.7 Å². The van der Waals surface area contributed by atoms with E-state index in [1.165, 1.54) is 12.1 Å². The van der Waals surface area contributed by atoms with E-state index in [4.69, 9.17) is 10.5 Å². The molecule has 1 saturated heterocycles. The molecule has 0 bridgehead atoms.